The zero-order chi connectivity index (χ0) is 23.1. The zero-order valence-corrected chi connectivity index (χ0v) is 19.2. The summed E-state index contributed by atoms with van der Waals surface area (Å²) in [6, 6.07) is 0. The average Bonchev–Trinajstić information content (AvgIpc) is 3.21. The van der Waals surface area contributed by atoms with E-state index < -0.39 is 41.7 Å². The van der Waals surface area contributed by atoms with Crippen LogP contribution in [0.5, 0.6) is 0 Å². The molecule has 0 saturated heterocycles. The Morgan fingerprint density at radius 2 is 2.00 bits per heavy atom. The van der Waals surface area contributed by atoms with Crippen LogP contribution in [0.15, 0.2) is 34.9 Å². The minimum Gasteiger partial charge on any atom is -0.451 e. The third-order valence-corrected chi connectivity index (χ3v) is 8.88. The van der Waals surface area contributed by atoms with Gasteiger partial charge in [0.2, 0.25) is 0 Å². The summed E-state index contributed by atoms with van der Waals surface area (Å²) >= 11 is 0. The Bertz CT molecular complexity index is 926. The van der Waals surface area contributed by atoms with Crippen molar-refractivity contribution in [2.75, 3.05) is 6.61 Å². The Balaban J connectivity index is 1.91. The fourth-order valence-electron chi connectivity index (χ4n) is 6.91. The lowest BCUT2D eigenvalue weighted by molar-refractivity contribution is -0.201. The molecule has 0 heterocycles. The van der Waals surface area contributed by atoms with Crippen molar-refractivity contribution in [2.45, 2.75) is 65.8 Å². The van der Waals surface area contributed by atoms with Crippen LogP contribution < -0.4 is 0 Å². The number of allylic oxidation sites excluding steroid dienone is 2. The Morgan fingerprint density at radius 3 is 2.58 bits per heavy atom. The Labute approximate surface area is 183 Å². The highest BCUT2D eigenvalue weighted by atomic mass is 16.6. The SMILES string of the molecule is C/C=C(/C)C(=O)O[C@H]1C(C)=CC23C(=O)C(C=C(CO)[C@@H](O)[C@]12O)[C@@H]1C(C[C@H]3C)C1(C)C. The summed E-state index contributed by atoms with van der Waals surface area (Å²) in [5, 5.41) is 33.7. The molecule has 3 N–H and O–H groups in total. The lowest BCUT2D eigenvalue weighted by Gasteiger charge is -2.48. The van der Waals surface area contributed by atoms with Gasteiger partial charge >= 0.3 is 5.97 Å². The summed E-state index contributed by atoms with van der Waals surface area (Å²) in [7, 11) is 0. The second kappa shape index (κ2) is 6.87. The minimum absolute atomic E-state index is 0.0209. The number of Topliss-reactive ketones (excluding diaryl/α,β-unsaturated/α-hetero) is 1. The number of aliphatic hydroxyl groups is 3. The third-order valence-electron chi connectivity index (χ3n) is 8.88. The maximum absolute atomic E-state index is 14.2. The number of ketones is 1. The normalized spacial score (nSPS) is 45.6. The van der Waals surface area contributed by atoms with E-state index in [4.69, 9.17) is 4.74 Å². The first-order valence-corrected chi connectivity index (χ1v) is 11.2. The van der Waals surface area contributed by atoms with Crippen molar-refractivity contribution in [3.05, 3.63) is 34.9 Å². The van der Waals surface area contributed by atoms with Crippen LogP contribution in [0.1, 0.15) is 48.0 Å². The second-order valence-corrected chi connectivity index (χ2v) is 10.6. The van der Waals surface area contributed by atoms with Gasteiger partial charge in [-0.1, -0.05) is 39.0 Å². The van der Waals surface area contributed by atoms with Crippen molar-refractivity contribution in [1.82, 2.24) is 0 Å². The van der Waals surface area contributed by atoms with Crippen LogP contribution in [-0.2, 0) is 14.3 Å². The number of carbonyl (C=O) groups is 2. The number of fused-ring (bicyclic) bond motifs is 3. The van der Waals surface area contributed by atoms with E-state index in [0.29, 0.717) is 17.1 Å². The maximum Gasteiger partial charge on any atom is 0.334 e. The van der Waals surface area contributed by atoms with Gasteiger partial charge in [-0.25, -0.2) is 4.79 Å². The molecular weight excluding hydrogens is 396 g/mol. The average molecular weight is 431 g/mol. The molecule has 2 bridgehead atoms. The summed E-state index contributed by atoms with van der Waals surface area (Å²) in [4.78, 5) is 26.8. The van der Waals surface area contributed by atoms with Crippen molar-refractivity contribution in [3.63, 3.8) is 0 Å². The lowest BCUT2D eigenvalue weighted by Crippen LogP contribution is -2.65. The molecule has 31 heavy (non-hydrogen) atoms. The minimum atomic E-state index is -2.08. The molecule has 0 aliphatic heterocycles. The van der Waals surface area contributed by atoms with Gasteiger partial charge in [-0.3, -0.25) is 4.79 Å². The standard InChI is InChI=1S/C25H34O6/c1-7-12(2)22(29)31-21-13(3)10-24-14(4)8-17-18(23(17,5)6)16(20(24)28)9-15(11-26)19(27)25(21,24)30/h7,9-10,14,16-19,21,26-27,30H,8,11H2,1-6H3/b12-7-/t14-,16?,17?,18-,19-,21+,24?,25+/m1/s1. The van der Waals surface area contributed by atoms with Crippen LogP contribution in [0.3, 0.4) is 0 Å². The van der Waals surface area contributed by atoms with Crippen molar-refractivity contribution in [2.24, 2.45) is 34.5 Å². The molecule has 0 radical (unpaired) electrons. The summed E-state index contributed by atoms with van der Waals surface area (Å²) in [6.45, 7) is 10.8. The predicted octanol–water partition coefficient (Wildman–Crippen LogP) is 2.33. The van der Waals surface area contributed by atoms with Crippen molar-refractivity contribution in [1.29, 1.82) is 0 Å². The molecule has 4 aliphatic carbocycles. The van der Waals surface area contributed by atoms with Gasteiger partial charge < -0.3 is 20.1 Å². The van der Waals surface area contributed by atoms with Gasteiger partial charge in [0.1, 0.15) is 6.10 Å². The number of esters is 1. The van der Waals surface area contributed by atoms with Gasteiger partial charge in [-0.05, 0) is 61.5 Å². The molecule has 4 aliphatic rings. The summed E-state index contributed by atoms with van der Waals surface area (Å²) in [5.74, 6) is -1.13. The van der Waals surface area contributed by atoms with Gasteiger partial charge in [-0.2, -0.15) is 0 Å². The second-order valence-electron chi connectivity index (χ2n) is 10.6. The molecule has 0 aromatic rings. The fraction of sp³-hybridized carbons (Fsp3) is 0.680. The third kappa shape index (κ3) is 2.61. The number of carbonyl (C=O) groups excluding carboxylic acids is 2. The molecule has 6 nitrogen and oxygen atoms in total. The van der Waals surface area contributed by atoms with Gasteiger partial charge in [0.15, 0.2) is 17.5 Å². The number of rotatable bonds is 3. The zero-order valence-electron chi connectivity index (χ0n) is 19.2. The van der Waals surface area contributed by atoms with Crippen molar-refractivity contribution < 1.29 is 29.6 Å². The molecule has 1 spiro atoms. The quantitative estimate of drug-likeness (QED) is 0.361. The van der Waals surface area contributed by atoms with Gasteiger partial charge in [0.25, 0.3) is 0 Å². The van der Waals surface area contributed by atoms with Crippen LogP contribution in [-0.4, -0.2) is 51.5 Å². The van der Waals surface area contributed by atoms with Crippen LogP contribution in [0.2, 0.25) is 0 Å². The molecule has 0 aromatic heterocycles. The first-order chi connectivity index (χ1) is 14.4. The van der Waals surface area contributed by atoms with E-state index >= 15 is 0 Å². The highest BCUT2D eigenvalue weighted by Gasteiger charge is 2.76. The molecule has 2 fully saturated rings. The van der Waals surface area contributed by atoms with Crippen LogP contribution in [0, 0.1) is 34.5 Å². The number of hydrogen-bond donors (Lipinski definition) is 3. The van der Waals surface area contributed by atoms with Gasteiger partial charge in [0.05, 0.1) is 12.0 Å². The van der Waals surface area contributed by atoms with E-state index in [-0.39, 0.29) is 28.6 Å². The maximum atomic E-state index is 14.2. The van der Waals surface area contributed by atoms with Crippen molar-refractivity contribution >= 4 is 11.8 Å². The Hall–Kier alpha value is -1.76. The van der Waals surface area contributed by atoms with Crippen LogP contribution >= 0.6 is 0 Å². The number of aliphatic hydroxyl groups excluding tert-OH is 2. The Kier molecular flexibility index (Phi) is 4.97. The molecule has 6 heteroatoms. The van der Waals surface area contributed by atoms with E-state index in [0.717, 1.165) is 6.42 Å². The Morgan fingerprint density at radius 1 is 1.35 bits per heavy atom. The van der Waals surface area contributed by atoms with E-state index in [1.807, 2.05) is 6.92 Å². The van der Waals surface area contributed by atoms with E-state index in [1.54, 1.807) is 39.0 Å². The molecule has 0 amide bonds. The summed E-state index contributed by atoms with van der Waals surface area (Å²) in [6.07, 6.45) is 3.04. The molecular formula is C25H34O6. The number of hydrogen-bond acceptors (Lipinski definition) is 6. The van der Waals surface area contributed by atoms with Gasteiger partial charge in [0, 0.05) is 11.5 Å². The topological polar surface area (TPSA) is 104 Å². The van der Waals surface area contributed by atoms with E-state index in [1.165, 1.54) is 0 Å². The van der Waals surface area contributed by atoms with E-state index in [2.05, 4.69) is 13.8 Å². The molecule has 4 rings (SSSR count). The van der Waals surface area contributed by atoms with E-state index in [9.17, 15) is 24.9 Å². The smallest absolute Gasteiger partial charge is 0.334 e. The fourth-order valence-corrected chi connectivity index (χ4v) is 6.91. The highest BCUT2D eigenvalue weighted by molar-refractivity contribution is 5.96. The lowest BCUT2D eigenvalue weighted by atomic mass is 9.59. The summed E-state index contributed by atoms with van der Waals surface area (Å²) < 4.78 is 5.72. The first kappa shape index (κ1) is 22.4. The monoisotopic (exact) mass is 430 g/mol. The predicted molar refractivity (Wildman–Crippen MR) is 115 cm³/mol. The van der Waals surface area contributed by atoms with Crippen LogP contribution in [0.25, 0.3) is 0 Å². The molecule has 170 valence electrons. The number of ether oxygens (including phenoxy) is 1. The molecule has 8 atom stereocenters. The first-order valence-electron chi connectivity index (χ1n) is 11.2. The van der Waals surface area contributed by atoms with Gasteiger partial charge in [-0.15, -0.1) is 0 Å². The summed E-state index contributed by atoms with van der Waals surface area (Å²) in [5.41, 5.74) is -2.36. The van der Waals surface area contributed by atoms with Crippen molar-refractivity contribution in [3.8, 4) is 0 Å². The molecule has 0 aromatic carbocycles. The van der Waals surface area contributed by atoms with Crippen LogP contribution in [0.4, 0.5) is 0 Å². The largest absolute Gasteiger partial charge is 0.451 e. The molecule has 3 unspecified atom stereocenters. The highest BCUT2D eigenvalue weighted by Crippen LogP contribution is 2.71. The molecule has 2 saturated carbocycles.